The Morgan fingerprint density at radius 2 is 2.00 bits per heavy atom. The molecule has 1 saturated heterocycles. The number of benzene rings is 2. The number of nitrogen functional groups attached to an aromatic ring is 1. The highest BCUT2D eigenvalue weighted by molar-refractivity contribution is 6.34. The van der Waals surface area contributed by atoms with E-state index in [0.29, 0.717) is 34.1 Å². The number of halogens is 1. The van der Waals surface area contributed by atoms with Crippen molar-refractivity contribution in [2.45, 2.75) is 25.8 Å². The fourth-order valence-corrected chi connectivity index (χ4v) is 4.97. The number of hydrogen-bond donors (Lipinski definition) is 1. The number of nitrogens with zero attached hydrogens (tertiary/aromatic N) is 3. The van der Waals surface area contributed by atoms with Crippen LogP contribution >= 0.6 is 11.6 Å². The molecule has 0 saturated carbocycles. The van der Waals surface area contributed by atoms with Gasteiger partial charge < -0.3 is 24.7 Å². The van der Waals surface area contributed by atoms with E-state index in [1.54, 1.807) is 35.9 Å². The highest BCUT2D eigenvalue weighted by Crippen LogP contribution is 2.35. The van der Waals surface area contributed by atoms with Crippen molar-refractivity contribution in [1.29, 1.82) is 0 Å². The monoisotopic (exact) mass is 518 g/mol. The van der Waals surface area contributed by atoms with Crippen molar-refractivity contribution in [3.05, 3.63) is 87.8 Å². The Morgan fingerprint density at radius 1 is 1.19 bits per heavy atom. The largest absolute Gasteiger partial charge is 0.475 e. The van der Waals surface area contributed by atoms with Crippen molar-refractivity contribution in [1.82, 2.24) is 9.55 Å². The normalized spacial score (nSPS) is 15.2. The Labute approximate surface area is 219 Å². The molecule has 1 aliphatic heterocycles. The van der Waals surface area contributed by atoms with Crippen molar-refractivity contribution in [2.75, 3.05) is 30.4 Å². The van der Waals surface area contributed by atoms with Crippen molar-refractivity contribution in [3.8, 4) is 11.6 Å². The Balaban J connectivity index is 1.60. The summed E-state index contributed by atoms with van der Waals surface area (Å²) in [6.07, 6.45) is 5.14. The molecule has 0 bridgehead atoms. The van der Waals surface area contributed by atoms with Crippen LogP contribution in [-0.4, -0.2) is 41.3 Å². The Kier molecular flexibility index (Phi) is 7.01. The Bertz CT molecular complexity index is 1490. The maximum atomic E-state index is 13.4. The van der Waals surface area contributed by atoms with E-state index < -0.39 is 11.4 Å². The summed E-state index contributed by atoms with van der Waals surface area (Å²) >= 11 is 6.77. The third-order valence-corrected chi connectivity index (χ3v) is 6.79. The lowest BCUT2D eigenvalue weighted by Crippen LogP contribution is -2.34. The second-order valence-corrected chi connectivity index (χ2v) is 9.25. The third kappa shape index (κ3) is 4.97. The average molecular weight is 519 g/mol. The molecule has 5 rings (SSSR count). The minimum absolute atomic E-state index is 0.0576. The molecule has 1 fully saturated rings. The highest BCUT2D eigenvalue weighted by atomic mass is 35.5. The Morgan fingerprint density at radius 3 is 2.73 bits per heavy atom. The lowest BCUT2D eigenvalue weighted by atomic mass is 10.1. The number of carbonyl (C=O) groups is 1. The average Bonchev–Trinajstić information content (AvgIpc) is 3.37. The molecule has 2 N–H and O–H groups in total. The van der Waals surface area contributed by atoms with Crippen LogP contribution < -0.4 is 20.8 Å². The molecule has 37 heavy (non-hydrogen) atoms. The SMILES string of the molecule is CCOC(=O)c1cn(-c2ccc(N)cc2)c2cc(N3CCC[C@@H]3COc3ccccn3)c(Cl)cc2c1=O. The zero-order chi connectivity index (χ0) is 25.9. The van der Waals surface area contributed by atoms with E-state index in [2.05, 4.69) is 9.88 Å². The van der Waals surface area contributed by atoms with Gasteiger partial charge in [0.05, 0.1) is 28.9 Å². The van der Waals surface area contributed by atoms with Crippen LogP contribution in [0.1, 0.15) is 30.1 Å². The number of ether oxygens (including phenoxy) is 2. The molecular weight excluding hydrogens is 492 g/mol. The fourth-order valence-electron chi connectivity index (χ4n) is 4.70. The predicted octanol–water partition coefficient (Wildman–Crippen LogP) is 4.85. The summed E-state index contributed by atoms with van der Waals surface area (Å²) < 4.78 is 12.9. The van der Waals surface area contributed by atoms with Gasteiger partial charge in [-0.15, -0.1) is 0 Å². The number of carbonyl (C=O) groups excluding carboxylic acids is 1. The van der Waals surface area contributed by atoms with Crippen molar-refractivity contribution >= 4 is 39.8 Å². The molecule has 2 aromatic carbocycles. The van der Waals surface area contributed by atoms with E-state index in [0.717, 1.165) is 30.8 Å². The van der Waals surface area contributed by atoms with Crippen molar-refractivity contribution in [2.24, 2.45) is 0 Å². The molecule has 8 nitrogen and oxygen atoms in total. The lowest BCUT2D eigenvalue weighted by Gasteiger charge is -2.28. The molecule has 9 heteroatoms. The molecule has 0 unspecified atom stereocenters. The second kappa shape index (κ2) is 10.5. The van der Waals surface area contributed by atoms with Gasteiger partial charge in [0.1, 0.15) is 12.2 Å². The van der Waals surface area contributed by atoms with Gasteiger partial charge >= 0.3 is 5.97 Å². The molecule has 1 aliphatic rings. The molecule has 0 radical (unpaired) electrons. The van der Waals surface area contributed by atoms with E-state index >= 15 is 0 Å². The zero-order valence-corrected chi connectivity index (χ0v) is 21.1. The van der Waals surface area contributed by atoms with Gasteiger partial charge in [-0.05, 0) is 62.2 Å². The van der Waals surface area contributed by atoms with Crippen LogP contribution in [0.5, 0.6) is 5.88 Å². The first-order chi connectivity index (χ1) is 18.0. The van der Waals surface area contributed by atoms with Gasteiger partial charge in [0.2, 0.25) is 11.3 Å². The highest BCUT2D eigenvalue weighted by Gasteiger charge is 2.28. The molecule has 190 valence electrons. The molecule has 0 amide bonds. The van der Waals surface area contributed by atoms with Gasteiger partial charge in [-0.2, -0.15) is 0 Å². The second-order valence-electron chi connectivity index (χ2n) is 8.84. The number of pyridine rings is 2. The van der Waals surface area contributed by atoms with Crippen LogP contribution in [-0.2, 0) is 4.74 Å². The lowest BCUT2D eigenvalue weighted by molar-refractivity contribution is 0.0524. The smallest absolute Gasteiger partial charge is 0.343 e. The molecular formula is C28H27ClN4O4. The Hall–Kier alpha value is -4.04. The van der Waals surface area contributed by atoms with Crippen LogP contribution in [0.15, 0.2) is 71.8 Å². The molecule has 0 spiro atoms. The first-order valence-corrected chi connectivity index (χ1v) is 12.6. The number of esters is 1. The van der Waals surface area contributed by atoms with Gasteiger partial charge in [0.25, 0.3) is 0 Å². The van der Waals surface area contributed by atoms with Crippen LogP contribution in [0, 0.1) is 0 Å². The van der Waals surface area contributed by atoms with Crippen molar-refractivity contribution in [3.63, 3.8) is 0 Å². The van der Waals surface area contributed by atoms with Crippen LogP contribution in [0.4, 0.5) is 11.4 Å². The summed E-state index contributed by atoms with van der Waals surface area (Å²) in [6.45, 7) is 3.12. The quantitative estimate of drug-likeness (QED) is 0.276. The topological polar surface area (TPSA) is 99.7 Å². The maximum Gasteiger partial charge on any atom is 0.343 e. The summed E-state index contributed by atoms with van der Waals surface area (Å²) in [4.78, 5) is 32.4. The van der Waals surface area contributed by atoms with Crippen LogP contribution in [0.2, 0.25) is 5.02 Å². The minimum Gasteiger partial charge on any atom is -0.475 e. The standard InChI is InChI=1S/C28H27ClN4O4/c1-2-36-28(35)22-16-33(19-10-8-18(30)9-11-19)24-15-25(23(29)14-21(24)27(22)34)32-13-5-6-20(32)17-37-26-7-3-4-12-31-26/h3-4,7-12,14-16,20H,2,5-6,13,17,30H2,1H3/t20-/m1/s1. The van der Waals surface area contributed by atoms with Gasteiger partial charge in [0, 0.05) is 41.8 Å². The predicted molar refractivity (Wildman–Crippen MR) is 145 cm³/mol. The van der Waals surface area contributed by atoms with E-state index in [4.69, 9.17) is 26.8 Å². The number of aromatic nitrogens is 2. The van der Waals surface area contributed by atoms with Gasteiger partial charge in [-0.1, -0.05) is 17.7 Å². The number of fused-ring (bicyclic) bond motifs is 1. The van der Waals surface area contributed by atoms with E-state index in [9.17, 15) is 9.59 Å². The van der Waals surface area contributed by atoms with Crippen LogP contribution in [0.3, 0.4) is 0 Å². The molecule has 4 aromatic rings. The summed E-state index contributed by atoms with van der Waals surface area (Å²) in [7, 11) is 0. The fraction of sp³-hybridized carbons (Fsp3) is 0.250. The molecule has 1 atom stereocenters. The maximum absolute atomic E-state index is 13.4. The summed E-state index contributed by atoms with van der Waals surface area (Å²) in [5, 5.41) is 0.760. The molecule has 3 heterocycles. The molecule has 2 aromatic heterocycles. The van der Waals surface area contributed by atoms with Gasteiger partial charge in [-0.25, -0.2) is 9.78 Å². The summed E-state index contributed by atoms with van der Waals surface area (Å²) in [5.41, 5.74) is 8.19. The van der Waals surface area contributed by atoms with Gasteiger partial charge in [0.15, 0.2) is 0 Å². The number of anilines is 2. The third-order valence-electron chi connectivity index (χ3n) is 6.49. The van der Waals surface area contributed by atoms with Crippen LogP contribution in [0.25, 0.3) is 16.6 Å². The van der Waals surface area contributed by atoms with E-state index in [1.807, 2.05) is 36.4 Å². The first kappa shape index (κ1) is 24.6. The first-order valence-electron chi connectivity index (χ1n) is 12.2. The zero-order valence-electron chi connectivity index (χ0n) is 20.4. The number of rotatable bonds is 7. The summed E-state index contributed by atoms with van der Waals surface area (Å²) in [5.74, 6) is -0.104. The molecule has 0 aliphatic carbocycles. The van der Waals surface area contributed by atoms with Crippen molar-refractivity contribution < 1.29 is 14.3 Å². The summed E-state index contributed by atoms with van der Waals surface area (Å²) in [6, 6.07) is 16.4. The number of nitrogens with two attached hydrogens (primary N) is 1. The number of hydrogen-bond acceptors (Lipinski definition) is 7. The van der Waals surface area contributed by atoms with E-state index in [1.165, 1.54) is 6.20 Å². The van der Waals surface area contributed by atoms with E-state index in [-0.39, 0.29) is 18.2 Å². The minimum atomic E-state index is -0.676. The van der Waals surface area contributed by atoms with Gasteiger partial charge in [-0.3, -0.25) is 4.79 Å².